The Balaban J connectivity index is 2.35. The molecule has 0 spiro atoms. The fourth-order valence-corrected chi connectivity index (χ4v) is 3.29. The van der Waals surface area contributed by atoms with Gasteiger partial charge >= 0.3 is 0 Å². The van der Waals surface area contributed by atoms with Gasteiger partial charge in [0.05, 0.1) is 11.0 Å². The van der Waals surface area contributed by atoms with E-state index in [1.54, 1.807) is 24.3 Å². The lowest BCUT2D eigenvalue weighted by molar-refractivity contribution is -0.122. The van der Waals surface area contributed by atoms with E-state index in [0.29, 0.717) is 11.0 Å². The van der Waals surface area contributed by atoms with Gasteiger partial charge in [-0.1, -0.05) is 25.5 Å². The maximum atomic E-state index is 12.2. The van der Waals surface area contributed by atoms with E-state index in [-0.39, 0.29) is 23.7 Å². The SMILES string of the molecule is CCC[C@H](C)NC(=O)Cn1c(S(C)(=O)=O)nc2ccccc21. The zero-order valence-corrected chi connectivity index (χ0v) is 13.9. The Kier molecular flexibility index (Phi) is 4.85. The van der Waals surface area contributed by atoms with E-state index < -0.39 is 9.84 Å². The lowest BCUT2D eigenvalue weighted by Gasteiger charge is -2.14. The maximum absolute atomic E-state index is 12.2. The molecule has 2 aromatic rings. The second-order valence-electron chi connectivity index (χ2n) is 5.50. The normalized spacial score (nSPS) is 13.2. The molecule has 7 heteroatoms. The Bertz CT molecular complexity index is 780. The predicted octanol–water partition coefficient (Wildman–Crippen LogP) is 1.74. The van der Waals surface area contributed by atoms with Crippen LogP contribution < -0.4 is 5.32 Å². The minimum Gasteiger partial charge on any atom is -0.352 e. The molecule has 0 bridgehead atoms. The minimum atomic E-state index is -3.51. The van der Waals surface area contributed by atoms with Gasteiger partial charge in [-0.15, -0.1) is 0 Å². The van der Waals surface area contributed by atoms with Gasteiger partial charge < -0.3 is 9.88 Å². The lowest BCUT2D eigenvalue weighted by atomic mass is 10.2. The molecular weight excluding hydrogens is 302 g/mol. The number of nitrogens with one attached hydrogen (secondary N) is 1. The first-order chi connectivity index (χ1) is 10.3. The van der Waals surface area contributed by atoms with Crippen molar-refractivity contribution in [3.05, 3.63) is 24.3 Å². The van der Waals surface area contributed by atoms with E-state index in [1.165, 1.54) is 4.57 Å². The highest BCUT2D eigenvalue weighted by Crippen LogP contribution is 2.19. The van der Waals surface area contributed by atoms with Crippen LogP contribution in [0.3, 0.4) is 0 Å². The molecule has 6 nitrogen and oxygen atoms in total. The number of rotatable bonds is 6. The number of benzene rings is 1. The molecule has 1 amide bonds. The molecule has 1 N–H and O–H groups in total. The van der Waals surface area contributed by atoms with E-state index in [9.17, 15) is 13.2 Å². The van der Waals surface area contributed by atoms with Gasteiger partial charge in [-0.25, -0.2) is 13.4 Å². The van der Waals surface area contributed by atoms with Gasteiger partial charge in [-0.2, -0.15) is 0 Å². The van der Waals surface area contributed by atoms with Gasteiger partial charge in [-0.05, 0) is 25.5 Å². The van der Waals surface area contributed by atoms with E-state index >= 15 is 0 Å². The first kappa shape index (κ1) is 16.5. The van der Waals surface area contributed by atoms with Crippen LogP contribution in [0.1, 0.15) is 26.7 Å². The molecule has 1 heterocycles. The van der Waals surface area contributed by atoms with E-state index in [4.69, 9.17) is 0 Å². The zero-order chi connectivity index (χ0) is 16.3. The summed E-state index contributed by atoms with van der Waals surface area (Å²) in [7, 11) is -3.51. The summed E-state index contributed by atoms with van der Waals surface area (Å²) in [6, 6.07) is 7.14. The Morgan fingerprint density at radius 3 is 2.68 bits per heavy atom. The average molecular weight is 323 g/mol. The Hall–Kier alpha value is -1.89. The van der Waals surface area contributed by atoms with Crippen molar-refractivity contribution in [2.24, 2.45) is 0 Å². The predicted molar refractivity (Wildman–Crippen MR) is 85.4 cm³/mol. The Labute approximate surface area is 130 Å². The van der Waals surface area contributed by atoms with Crippen molar-refractivity contribution >= 4 is 26.8 Å². The maximum Gasteiger partial charge on any atom is 0.240 e. The molecule has 0 saturated carbocycles. The van der Waals surface area contributed by atoms with Crippen molar-refractivity contribution in [2.75, 3.05) is 6.26 Å². The lowest BCUT2D eigenvalue weighted by Crippen LogP contribution is -2.35. The van der Waals surface area contributed by atoms with Crippen LogP contribution in [0.15, 0.2) is 29.4 Å². The molecule has 2 rings (SSSR count). The molecule has 0 saturated heterocycles. The highest BCUT2D eigenvalue weighted by atomic mass is 32.2. The number of para-hydroxylation sites is 2. The molecule has 0 unspecified atom stereocenters. The number of carbonyl (C=O) groups is 1. The summed E-state index contributed by atoms with van der Waals surface area (Å²) in [5, 5.41) is 2.80. The molecule has 1 atom stereocenters. The van der Waals surface area contributed by atoms with Crippen molar-refractivity contribution in [3.63, 3.8) is 0 Å². The van der Waals surface area contributed by atoms with Crippen molar-refractivity contribution in [1.82, 2.24) is 14.9 Å². The number of carbonyl (C=O) groups excluding carboxylic acids is 1. The number of hydrogen-bond acceptors (Lipinski definition) is 4. The number of fused-ring (bicyclic) bond motifs is 1. The number of sulfone groups is 1. The Morgan fingerprint density at radius 1 is 1.36 bits per heavy atom. The third kappa shape index (κ3) is 3.65. The van der Waals surface area contributed by atoms with Crippen LogP contribution in [0.2, 0.25) is 0 Å². The Morgan fingerprint density at radius 2 is 2.05 bits per heavy atom. The summed E-state index contributed by atoms with van der Waals surface area (Å²) in [6.07, 6.45) is 2.96. The summed E-state index contributed by atoms with van der Waals surface area (Å²) in [4.78, 5) is 16.3. The van der Waals surface area contributed by atoms with Crippen molar-refractivity contribution in [1.29, 1.82) is 0 Å². The van der Waals surface area contributed by atoms with Gasteiger partial charge in [0.1, 0.15) is 6.54 Å². The molecule has 0 aliphatic carbocycles. The molecule has 22 heavy (non-hydrogen) atoms. The number of aromatic nitrogens is 2. The average Bonchev–Trinajstić information content (AvgIpc) is 2.78. The molecule has 0 aliphatic heterocycles. The van der Waals surface area contributed by atoms with E-state index in [0.717, 1.165) is 19.1 Å². The molecular formula is C15H21N3O3S. The molecule has 0 radical (unpaired) electrons. The quantitative estimate of drug-likeness (QED) is 0.878. The number of amides is 1. The molecule has 1 aromatic heterocycles. The summed E-state index contributed by atoms with van der Waals surface area (Å²) in [6.45, 7) is 3.93. The second-order valence-corrected chi connectivity index (χ2v) is 7.41. The number of hydrogen-bond donors (Lipinski definition) is 1. The van der Waals surface area contributed by atoms with Crippen LogP contribution in [0.4, 0.5) is 0 Å². The standard InChI is InChI=1S/C15H21N3O3S/c1-4-7-11(2)16-14(19)10-18-13-9-6-5-8-12(13)17-15(18)22(3,20)21/h5-6,8-9,11H,4,7,10H2,1-3H3,(H,16,19)/t11-/m0/s1. The summed E-state index contributed by atoms with van der Waals surface area (Å²) in [5.74, 6) is -0.214. The highest BCUT2D eigenvalue weighted by Gasteiger charge is 2.21. The molecule has 0 aliphatic rings. The zero-order valence-electron chi connectivity index (χ0n) is 13.0. The monoisotopic (exact) mass is 323 g/mol. The summed E-state index contributed by atoms with van der Waals surface area (Å²) in [5.41, 5.74) is 1.21. The van der Waals surface area contributed by atoms with Crippen molar-refractivity contribution < 1.29 is 13.2 Å². The van der Waals surface area contributed by atoms with Crippen molar-refractivity contribution in [3.8, 4) is 0 Å². The van der Waals surface area contributed by atoms with Crippen LogP contribution in [-0.2, 0) is 21.2 Å². The van der Waals surface area contributed by atoms with Gasteiger partial charge in [0, 0.05) is 12.3 Å². The van der Waals surface area contributed by atoms with Gasteiger partial charge in [-0.3, -0.25) is 4.79 Å². The second kappa shape index (κ2) is 6.48. The first-order valence-electron chi connectivity index (χ1n) is 7.27. The molecule has 120 valence electrons. The fourth-order valence-electron chi connectivity index (χ4n) is 2.46. The fraction of sp³-hybridized carbons (Fsp3) is 0.467. The summed E-state index contributed by atoms with van der Waals surface area (Å²) < 4.78 is 25.3. The van der Waals surface area contributed by atoms with Gasteiger partial charge in [0.25, 0.3) is 0 Å². The number of nitrogens with zero attached hydrogens (tertiary/aromatic N) is 2. The van der Waals surface area contributed by atoms with Gasteiger partial charge in [0.2, 0.25) is 20.9 Å². The van der Waals surface area contributed by atoms with Crippen LogP contribution in [0, 0.1) is 0 Å². The van der Waals surface area contributed by atoms with Crippen LogP contribution in [-0.4, -0.2) is 36.2 Å². The molecule has 1 aromatic carbocycles. The minimum absolute atomic E-state index is 0.0586. The van der Waals surface area contributed by atoms with Gasteiger partial charge in [0.15, 0.2) is 0 Å². The van der Waals surface area contributed by atoms with Crippen LogP contribution >= 0.6 is 0 Å². The molecule has 0 fully saturated rings. The van der Waals surface area contributed by atoms with E-state index in [2.05, 4.69) is 10.3 Å². The van der Waals surface area contributed by atoms with Crippen LogP contribution in [0.25, 0.3) is 11.0 Å². The largest absolute Gasteiger partial charge is 0.352 e. The smallest absolute Gasteiger partial charge is 0.240 e. The van der Waals surface area contributed by atoms with Crippen molar-refractivity contribution in [2.45, 2.75) is 44.4 Å². The summed E-state index contributed by atoms with van der Waals surface area (Å²) >= 11 is 0. The highest BCUT2D eigenvalue weighted by molar-refractivity contribution is 7.90. The van der Waals surface area contributed by atoms with E-state index in [1.807, 2.05) is 13.8 Å². The topological polar surface area (TPSA) is 81.1 Å². The third-order valence-electron chi connectivity index (χ3n) is 3.38. The van der Waals surface area contributed by atoms with Crippen LogP contribution in [0.5, 0.6) is 0 Å². The number of imidazole rings is 1. The first-order valence-corrected chi connectivity index (χ1v) is 9.16. The third-order valence-corrected chi connectivity index (χ3v) is 4.36.